The summed E-state index contributed by atoms with van der Waals surface area (Å²) in [6, 6.07) is 10.3. The first-order chi connectivity index (χ1) is 5.43. The van der Waals surface area contributed by atoms with E-state index in [1.807, 2.05) is 18.2 Å². The number of rotatable bonds is 1. The van der Waals surface area contributed by atoms with Crippen molar-refractivity contribution in [3.05, 3.63) is 35.9 Å². The highest BCUT2D eigenvalue weighted by molar-refractivity contribution is 9.08. The minimum absolute atomic E-state index is 0.952. The van der Waals surface area contributed by atoms with Gasteiger partial charge in [-0.05, 0) is 5.56 Å². The van der Waals surface area contributed by atoms with E-state index >= 15 is 0 Å². The molecule has 0 aromatic heterocycles. The van der Waals surface area contributed by atoms with E-state index in [1.165, 1.54) is 24.8 Å². The summed E-state index contributed by atoms with van der Waals surface area (Å²) < 4.78 is 0. The molecule has 0 aliphatic heterocycles. The molecule has 1 aromatic carbocycles. The summed E-state index contributed by atoms with van der Waals surface area (Å²) in [6.45, 7) is 0. The molecule has 0 heterocycles. The van der Waals surface area contributed by atoms with Crippen LogP contribution in [0.25, 0.3) is 0 Å². The van der Waals surface area contributed by atoms with Gasteiger partial charge in [0.15, 0.2) is 0 Å². The highest BCUT2D eigenvalue weighted by Gasteiger charge is 1.95. The summed E-state index contributed by atoms with van der Waals surface area (Å²) in [4.78, 5) is 0. The lowest BCUT2D eigenvalue weighted by atomic mass is 10.2. The van der Waals surface area contributed by atoms with Crippen LogP contribution in [0.5, 0.6) is 0 Å². The molecule has 0 N–H and O–H groups in total. The standard InChI is InChI=1S/C7H7Br.C3H6/c8-6-7-4-2-1-3-5-7;1-2-3-1/h1-5H,6H2;1-3H2. The quantitative estimate of drug-likeness (QED) is 0.623. The normalized spacial score (nSPS) is 13.2. The third-order valence-electron chi connectivity index (χ3n) is 1.35. The summed E-state index contributed by atoms with van der Waals surface area (Å²) in [5.41, 5.74) is 1.33. The fourth-order valence-electron chi connectivity index (χ4n) is 0.567. The number of hydrogen-bond donors (Lipinski definition) is 0. The second kappa shape index (κ2) is 5.36. The summed E-state index contributed by atoms with van der Waals surface area (Å²) in [7, 11) is 0. The molecule has 0 nitrogen and oxygen atoms in total. The molecule has 11 heavy (non-hydrogen) atoms. The molecule has 1 saturated carbocycles. The smallest absolute Gasteiger partial charge is 0.0283 e. The van der Waals surface area contributed by atoms with Crippen LogP contribution in [0.3, 0.4) is 0 Å². The van der Waals surface area contributed by atoms with Gasteiger partial charge < -0.3 is 0 Å². The third kappa shape index (κ3) is 5.02. The molecule has 1 aliphatic rings. The van der Waals surface area contributed by atoms with Crippen molar-refractivity contribution in [2.75, 3.05) is 0 Å². The Kier molecular flexibility index (Phi) is 4.29. The van der Waals surface area contributed by atoms with Crippen molar-refractivity contribution < 1.29 is 0 Å². The first-order valence-electron chi connectivity index (χ1n) is 4.03. The fraction of sp³-hybridized carbons (Fsp3) is 0.400. The van der Waals surface area contributed by atoms with E-state index in [0.29, 0.717) is 0 Å². The lowest BCUT2D eigenvalue weighted by Crippen LogP contribution is -1.70. The Balaban J connectivity index is 0.000000167. The molecule has 0 radical (unpaired) electrons. The van der Waals surface area contributed by atoms with Crippen molar-refractivity contribution in [3.8, 4) is 0 Å². The van der Waals surface area contributed by atoms with Crippen LogP contribution in [0.4, 0.5) is 0 Å². The second-order valence-electron chi connectivity index (χ2n) is 2.68. The molecule has 0 saturated heterocycles. The van der Waals surface area contributed by atoms with Gasteiger partial charge in [0.25, 0.3) is 0 Å². The Labute approximate surface area is 76.8 Å². The largest absolute Gasteiger partial charge is 0.0876 e. The van der Waals surface area contributed by atoms with Crippen LogP contribution in [0.2, 0.25) is 0 Å². The van der Waals surface area contributed by atoms with E-state index < -0.39 is 0 Å². The van der Waals surface area contributed by atoms with Crippen LogP contribution < -0.4 is 0 Å². The molecular weight excluding hydrogens is 200 g/mol. The lowest BCUT2D eigenvalue weighted by Gasteiger charge is -1.88. The van der Waals surface area contributed by atoms with Crippen molar-refractivity contribution in [1.82, 2.24) is 0 Å². The number of hydrogen-bond acceptors (Lipinski definition) is 0. The monoisotopic (exact) mass is 212 g/mol. The maximum Gasteiger partial charge on any atom is 0.0283 e. The van der Waals surface area contributed by atoms with Gasteiger partial charge in [-0.3, -0.25) is 0 Å². The van der Waals surface area contributed by atoms with Gasteiger partial charge >= 0.3 is 0 Å². The average Bonchev–Trinajstić information content (AvgIpc) is 2.92. The van der Waals surface area contributed by atoms with Crippen LogP contribution in [-0.4, -0.2) is 0 Å². The molecule has 1 aliphatic carbocycles. The van der Waals surface area contributed by atoms with Gasteiger partial charge in [-0.15, -0.1) is 0 Å². The number of benzene rings is 1. The van der Waals surface area contributed by atoms with Crippen LogP contribution in [0.15, 0.2) is 30.3 Å². The molecule has 1 fully saturated rings. The van der Waals surface area contributed by atoms with Crippen LogP contribution >= 0.6 is 15.9 Å². The van der Waals surface area contributed by atoms with Gasteiger partial charge in [0.2, 0.25) is 0 Å². The molecule has 0 atom stereocenters. The van der Waals surface area contributed by atoms with Crippen molar-refractivity contribution >= 4 is 15.9 Å². The zero-order chi connectivity index (χ0) is 7.94. The topological polar surface area (TPSA) is 0 Å². The minimum atomic E-state index is 0.952. The van der Waals surface area contributed by atoms with Gasteiger partial charge in [-0.2, -0.15) is 0 Å². The molecular formula is C10H13Br. The van der Waals surface area contributed by atoms with Gasteiger partial charge in [-0.25, -0.2) is 0 Å². The molecule has 1 aromatic rings. The van der Waals surface area contributed by atoms with E-state index in [9.17, 15) is 0 Å². The van der Waals surface area contributed by atoms with Crippen molar-refractivity contribution in [2.24, 2.45) is 0 Å². The van der Waals surface area contributed by atoms with Crippen molar-refractivity contribution in [1.29, 1.82) is 0 Å². The SMILES string of the molecule is BrCc1ccccc1.C1CC1. The maximum atomic E-state index is 3.36. The van der Waals surface area contributed by atoms with E-state index in [2.05, 4.69) is 28.1 Å². The first-order valence-corrected chi connectivity index (χ1v) is 5.15. The van der Waals surface area contributed by atoms with E-state index in [0.717, 1.165) is 5.33 Å². The highest BCUT2D eigenvalue weighted by atomic mass is 79.9. The van der Waals surface area contributed by atoms with Crippen LogP contribution in [0, 0.1) is 0 Å². The van der Waals surface area contributed by atoms with Gasteiger partial charge in [-0.1, -0.05) is 65.5 Å². The van der Waals surface area contributed by atoms with Gasteiger partial charge in [0.1, 0.15) is 0 Å². The Hall–Kier alpha value is -0.300. The Morgan fingerprint density at radius 3 is 1.82 bits per heavy atom. The summed E-state index contributed by atoms with van der Waals surface area (Å²) in [5.74, 6) is 0. The van der Waals surface area contributed by atoms with Crippen LogP contribution in [-0.2, 0) is 5.33 Å². The van der Waals surface area contributed by atoms with Crippen molar-refractivity contribution in [3.63, 3.8) is 0 Å². The van der Waals surface area contributed by atoms with E-state index in [-0.39, 0.29) is 0 Å². The van der Waals surface area contributed by atoms with E-state index in [4.69, 9.17) is 0 Å². The zero-order valence-electron chi connectivity index (χ0n) is 6.59. The van der Waals surface area contributed by atoms with Gasteiger partial charge in [0.05, 0.1) is 0 Å². The molecule has 0 amide bonds. The predicted octanol–water partition coefficient (Wildman–Crippen LogP) is 3.75. The first kappa shape index (κ1) is 8.79. The molecule has 2 rings (SSSR count). The number of halogens is 1. The summed E-state index contributed by atoms with van der Waals surface area (Å²) >= 11 is 3.36. The molecule has 1 heteroatoms. The third-order valence-corrected chi connectivity index (χ3v) is 2.00. The lowest BCUT2D eigenvalue weighted by molar-refractivity contribution is 1.44. The van der Waals surface area contributed by atoms with Crippen molar-refractivity contribution in [2.45, 2.75) is 24.6 Å². The highest BCUT2D eigenvalue weighted by Crippen LogP contribution is 2.14. The van der Waals surface area contributed by atoms with Gasteiger partial charge in [0, 0.05) is 5.33 Å². The molecule has 0 spiro atoms. The Morgan fingerprint density at radius 2 is 1.55 bits per heavy atom. The second-order valence-corrected chi connectivity index (χ2v) is 3.24. The zero-order valence-corrected chi connectivity index (χ0v) is 8.18. The predicted molar refractivity (Wildman–Crippen MR) is 52.9 cm³/mol. The van der Waals surface area contributed by atoms with E-state index in [1.54, 1.807) is 0 Å². The minimum Gasteiger partial charge on any atom is -0.0876 e. The summed E-state index contributed by atoms with van der Waals surface area (Å²) in [5, 5.41) is 0.952. The molecule has 0 unspecified atom stereocenters. The average molecular weight is 213 g/mol. The number of alkyl halides is 1. The van der Waals surface area contributed by atoms with Crippen LogP contribution in [0.1, 0.15) is 24.8 Å². The molecule has 60 valence electrons. The molecule has 0 bridgehead atoms. The fourth-order valence-corrected chi connectivity index (χ4v) is 0.941. The Bertz CT molecular complexity index is 177. The maximum absolute atomic E-state index is 3.36. The Morgan fingerprint density at radius 1 is 1.00 bits per heavy atom. The summed E-state index contributed by atoms with van der Waals surface area (Å²) in [6.07, 6.45) is 4.50.